The molecule has 3 rings (SSSR count). The van der Waals surface area contributed by atoms with Gasteiger partial charge >= 0.3 is 7.12 Å². The zero-order valence-corrected chi connectivity index (χ0v) is 18.6. The van der Waals surface area contributed by atoms with E-state index in [0.717, 1.165) is 23.2 Å². The molecule has 2 aromatic rings. The van der Waals surface area contributed by atoms with Crippen molar-refractivity contribution >= 4 is 24.4 Å². The molecule has 2 aromatic carbocycles. The Morgan fingerprint density at radius 2 is 1.53 bits per heavy atom. The summed E-state index contributed by atoms with van der Waals surface area (Å²) in [6.45, 7) is 7.90. The number of rotatable bonds is 7. The summed E-state index contributed by atoms with van der Waals surface area (Å²) < 4.78 is 38.4. The third kappa shape index (κ3) is 5.34. The summed E-state index contributed by atoms with van der Waals surface area (Å²) in [4.78, 5) is 24.2. The Labute approximate surface area is 186 Å². The number of carbonyl (C=O) groups excluding carboxylic acids is 2. The first kappa shape index (κ1) is 23.9. The summed E-state index contributed by atoms with van der Waals surface area (Å²) in [5, 5.41) is 2.56. The number of halogens is 2. The Hall–Kier alpha value is -2.78. The molecule has 170 valence electrons. The fourth-order valence-corrected chi connectivity index (χ4v) is 3.33. The van der Waals surface area contributed by atoms with Crippen LogP contribution < -0.4 is 16.5 Å². The lowest BCUT2D eigenvalue weighted by molar-refractivity contribution is -0.127. The second kappa shape index (κ2) is 9.00. The molecule has 1 atom stereocenters. The highest BCUT2D eigenvalue weighted by Crippen LogP contribution is 2.36. The van der Waals surface area contributed by atoms with E-state index >= 15 is 0 Å². The lowest BCUT2D eigenvalue weighted by Gasteiger charge is -2.32. The predicted molar refractivity (Wildman–Crippen MR) is 117 cm³/mol. The molecule has 0 unspecified atom stereocenters. The highest BCUT2D eigenvalue weighted by Gasteiger charge is 2.51. The first-order valence-electron chi connectivity index (χ1n) is 10.3. The molecule has 0 aliphatic carbocycles. The summed E-state index contributed by atoms with van der Waals surface area (Å²) in [7, 11) is -0.503. The number of hydrogen-bond donors (Lipinski definition) is 2. The zero-order chi connectivity index (χ0) is 23.7. The Kier molecular flexibility index (Phi) is 6.71. The predicted octanol–water partition coefficient (Wildman–Crippen LogP) is 2.02. The molecule has 1 saturated heterocycles. The van der Waals surface area contributed by atoms with Gasteiger partial charge in [0.05, 0.1) is 17.6 Å². The van der Waals surface area contributed by atoms with E-state index in [-0.39, 0.29) is 18.4 Å². The Morgan fingerprint density at radius 3 is 2.06 bits per heavy atom. The fraction of sp³-hybridized carbons (Fsp3) is 0.391. The summed E-state index contributed by atoms with van der Waals surface area (Å²) in [6.07, 6.45) is -0.0235. The highest BCUT2D eigenvalue weighted by atomic mass is 19.2. The first-order chi connectivity index (χ1) is 14.9. The average Bonchev–Trinajstić information content (AvgIpc) is 2.92. The number of benzene rings is 2. The SMILES string of the molecule is CC1(C)OB(c2ccc(C[C@H](NC(=O)Cc3ccc(F)c(F)c3)C(N)=O)cc2)OC1(C)C. The molecular weight excluding hydrogens is 417 g/mol. The number of nitrogens with two attached hydrogens (primary N) is 1. The molecule has 1 aliphatic heterocycles. The second-order valence-corrected chi connectivity index (χ2v) is 8.98. The third-order valence-electron chi connectivity index (χ3n) is 5.97. The smallest absolute Gasteiger partial charge is 0.399 e. The summed E-state index contributed by atoms with van der Waals surface area (Å²) >= 11 is 0. The Balaban J connectivity index is 1.63. The molecule has 0 saturated carbocycles. The van der Waals surface area contributed by atoms with Gasteiger partial charge in [-0.2, -0.15) is 0 Å². The summed E-state index contributed by atoms with van der Waals surface area (Å²) in [5.74, 6) is -3.25. The van der Waals surface area contributed by atoms with Gasteiger partial charge in [-0.3, -0.25) is 9.59 Å². The van der Waals surface area contributed by atoms with Crippen LogP contribution in [0.4, 0.5) is 8.78 Å². The van der Waals surface area contributed by atoms with Gasteiger partial charge in [0.25, 0.3) is 0 Å². The van der Waals surface area contributed by atoms with Gasteiger partial charge in [-0.25, -0.2) is 8.78 Å². The average molecular weight is 444 g/mol. The van der Waals surface area contributed by atoms with Gasteiger partial charge < -0.3 is 20.4 Å². The van der Waals surface area contributed by atoms with Crippen LogP contribution in [-0.4, -0.2) is 36.2 Å². The zero-order valence-electron chi connectivity index (χ0n) is 18.6. The minimum atomic E-state index is -1.04. The van der Waals surface area contributed by atoms with Crippen LogP contribution in [0.5, 0.6) is 0 Å². The topological polar surface area (TPSA) is 90.6 Å². The van der Waals surface area contributed by atoms with Crippen molar-refractivity contribution in [3.63, 3.8) is 0 Å². The highest BCUT2D eigenvalue weighted by molar-refractivity contribution is 6.62. The molecule has 0 radical (unpaired) electrons. The van der Waals surface area contributed by atoms with E-state index in [2.05, 4.69) is 5.32 Å². The summed E-state index contributed by atoms with van der Waals surface area (Å²) in [6, 6.07) is 9.59. The maximum Gasteiger partial charge on any atom is 0.494 e. The summed E-state index contributed by atoms with van der Waals surface area (Å²) in [5.41, 5.74) is 6.46. The molecule has 0 aromatic heterocycles. The van der Waals surface area contributed by atoms with Crippen LogP contribution in [0.1, 0.15) is 38.8 Å². The number of carbonyl (C=O) groups is 2. The minimum Gasteiger partial charge on any atom is -0.399 e. The molecule has 0 bridgehead atoms. The molecule has 32 heavy (non-hydrogen) atoms. The van der Waals surface area contributed by atoms with Crippen LogP contribution >= 0.6 is 0 Å². The third-order valence-corrected chi connectivity index (χ3v) is 5.97. The molecule has 9 heteroatoms. The van der Waals surface area contributed by atoms with Gasteiger partial charge in [-0.05, 0) is 56.4 Å². The number of primary amides is 1. The van der Waals surface area contributed by atoms with Crippen molar-refractivity contribution < 1.29 is 27.7 Å². The monoisotopic (exact) mass is 444 g/mol. The lowest BCUT2D eigenvalue weighted by atomic mass is 9.78. The van der Waals surface area contributed by atoms with E-state index in [1.165, 1.54) is 6.07 Å². The maximum atomic E-state index is 13.3. The van der Waals surface area contributed by atoms with Crippen molar-refractivity contribution in [1.82, 2.24) is 5.32 Å². The van der Waals surface area contributed by atoms with Gasteiger partial charge in [-0.15, -0.1) is 0 Å². The van der Waals surface area contributed by atoms with Crippen molar-refractivity contribution in [3.05, 3.63) is 65.2 Å². The van der Waals surface area contributed by atoms with Crippen molar-refractivity contribution in [2.45, 2.75) is 57.8 Å². The van der Waals surface area contributed by atoms with Crippen molar-refractivity contribution in [1.29, 1.82) is 0 Å². The lowest BCUT2D eigenvalue weighted by Crippen LogP contribution is -2.46. The van der Waals surface area contributed by atoms with Crippen LogP contribution in [0.3, 0.4) is 0 Å². The molecule has 1 heterocycles. The van der Waals surface area contributed by atoms with Gasteiger partial charge in [0.1, 0.15) is 6.04 Å². The maximum absolute atomic E-state index is 13.3. The van der Waals surface area contributed by atoms with Crippen LogP contribution in [0.15, 0.2) is 42.5 Å². The van der Waals surface area contributed by atoms with Crippen LogP contribution in [-0.2, 0) is 31.7 Å². The minimum absolute atomic E-state index is 0.183. The van der Waals surface area contributed by atoms with Crippen LogP contribution in [0.2, 0.25) is 0 Å². The van der Waals surface area contributed by atoms with Gasteiger partial charge in [-0.1, -0.05) is 30.3 Å². The number of nitrogens with one attached hydrogen (secondary N) is 1. The molecule has 1 aliphatic rings. The number of amides is 2. The molecular formula is C23H27BF2N2O4. The molecule has 2 amide bonds. The van der Waals surface area contributed by atoms with Gasteiger partial charge in [0.2, 0.25) is 11.8 Å². The van der Waals surface area contributed by atoms with Crippen molar-refractivity contribution in [2.24, 2.45) is 5.73 Å². The van der Waals surface area contributed by atoms with E-state index in [4.69, 9.17) is 15.0 Å². The van der Waals surface area contributed by atoms with Crippen LogP contribution in [0, 0.1) is 11.6 Å². The number of hydrogen-bond acceptors (Lipinski definition) is 4. The standard InChI is InChI=1S/C23H27BF2N2O4/c1-22(2)23(3,4)32-24(31-22)16-8-5-14(6-9-16)12-19(21(27)30)28-20(29)13-15-7-10-17(25)18(26)11-15/h5-11,19H,12-13H2,1-4H3,(H2,27,30)(H,28,29)/t19-/m0/s1. The van der Waals surface area contributed by atoms with Crippen LogP contribution in [0.25, 0.3) is 0 Å². The van der Waals surface area contributed by atoms with Gasteiger partial charge in [0.15, 0.2) is 11.6 Å². The molecule has 3 N–H and O–H groups in total. The second-order valence-electron chi connectivity index (χ2n) is 8.98. The normalized spacial score (nSPS) is 17.8. The largest absolute Gasteiger partial charge is 0.494 e. The quantitative estimate of drug-likeness (QED) is 0.640. The van der Waals surface area contributed by atoms with E-state index in [9.17, 15) is 18.4 Å². The van der Waals surface area contributed by atoms with E-state index in [1.54, 1.807) is 0 Å². The Morgan fingerprint density at radius 1 is 0.969 bits per heavy atom. The Bertz CT molecular complexity index is 996. The van der Waals surface area contributed by atoms with E-state index < -0.39 is 47.8 Å². The van der Waals surface area contributed by atoms with Crippen molar-refractivity contribution in [3.8, 4) is 0 Å². The van der Waals surface area contributed by atoms with E-state index in [1.807, 2.05) is 52.0 Å². The molecule has 0 spiro atoms. The fourth-order valence-electron chi connectivity index (χ4n) is 3.33. The molecule has 1 fully saturated rings. The van der Waals surface area contributed by atoms with E-state index in [0.29, 0.717) is 0 Å². The first-order valence-corrected chi connectivity index (χ1v) is 10.3. The van der Waals surface area contributed by atoms with Crippen molar-refractivity contribution in [2.75, 3.05) is 0 Å². The molecule has 6 nitrogen and oxygen atoms in total. The van der Waals surface area contributed by atoms with Gasteiger partial charge in [0, 0.05) is 6.42 Å².